The Morgan fingerprint density at radius 2 is 2.05 bits per heavy atom. The van der Waals surface area contributed by atoms with Gasteiger partial charge < -0.3 is 4.90 Å². The minimum atomic E-state index is -0.478. The Morgan fingerprint density at radius 1 is 1.29 bits per heavy atom. The van der Waals surface area contributed by atoms with Crippen LogP contribution in [-0.4, -0.2) is 35.5 Å². The van der Waals surface area contributed by atoms with E-state index in [0.29, 0.717) is 12.0 Å². The Labute approximate surface area is 123 Å². The summed E-state index contributed by atoms with van der Waals surface area (Å²) in [4.78, 5) is 25.1. The maximum Gasteiger partial charge on any atom is 0.274 e. The van der Waals surface area contributed by atoms with Crippen molar-refractivity contribution in [3.8, 4) is 0 Å². The van der Waals surface area contributed by atoms with Crippen LogP contribution >= 0.6 is 0 Å². The maximum absolute atomic E-state index is 11.7. The molecule has 5 nitrogen and oxygen atoms in total. The maximum atomic E-state index is 11.7. The molecule has 1 spiro atoms. The SMILES string of the molecule is CN1CC2(CCC1=O)CCc1ccc(C(=O)NO)cc1C2. The van der Waals surface area contributed by atoms with E-state index in [1.807, 2.05) is 24.1 Å². The smallest absolute Gasteiger partial charge is 0.274 e. The number of carbonyl (C=O) groups excluding carboxylic acids is 2. The predicted octanol–water partition coefficient (Wildman–Crippen LogP) is 1.53. The lowest BCUT2D eigenvalue weighted by Crippen LogP contribution is -2.47. The molecule has 5 heteroatoms. The summed E-state index contributed by atoms with van der Waals surface area (Å²) in [6.45, 7) is 0.793. The number of likely N-dealkylation sites (tertiary alicyclic amines) is 1. The molecule has 2 amide bonds. The van der Waals surface area contributed by atoms with Crippen molar-refractivity contribution in [2.45, 2.75) is 32.1 Å². The fourth-order valence-electron chi connectivity index (χ4n) is 3.71. The highest BCUT2D eigenvalue weighted by atomic mass is 16.5. The van der Waals surface area contributed by atoms with Crippen LogP contribution in [0.1, 0.15) is 40.7 Å². The quantitative estimate of drug-likeness (QED) is 0.608. The zero-order valence-corrected chi connectivity index (χ0v) is 12.2. The van der Waals surface area contributed by atoms with Crippen LogP contribution in [0.15, 0.2) is 18.2 Å². The van der Waals surface area contributed by atoms with Gasteiger partial charge in [0.1, 0.15) is 0 Å². The molecule has 1 aliphatic carbocycles. The number of piperidine rings is 1. The topological polar surface area (TPSA) is 69.6 Å². The molecule has 21 heavy (non-hydrogen) atoms. The summed E-state index contributed by atoms with van der Waals surface area (Å²) in [5.41, 5.74) is 4.75. The van der Waals surface area contributed by atoms with Gasteiger partial charge in [-0.3, -0.25) is 14.8 Å². The van der Waals surface area contributed by atoms with Crippen LogP contribution in [0.3, 0.4) is 0 Å². The highest BCUT2D eigenvalue weighted by molar-refractivity contribution is 5.93. The van der Waals surface area contributed by atoms with Gasteiger partial charge in [-0.2, -0.15) is 0 Å². The summed E-state index contributed by atoms with van der Waals surface area (Å²) in [5, 5.41) is 8.75. The molecule has 0 aromatic heterocycles. The number of hydrogen-bond acceptors (Lipinski definition) is 3. The first-order chi connectivity index (χ1) is 10.0. The lowest BCUT2D eigenvalue weighted by Gasteiger charge is -2.44. The van der Waals surface area contributed by atoms with Gasteiger partial charge in [-0.1, -0.05) is 6.07 Å². The third-order valence-electron chi connectivity index (χ3n) is 4.93. The first-order valence-electron chi connectivity index (χ1n) is 7.33. The molecule has 0 bridgehead atoms. The molecule has 1 unspecified atom stereocenters. The summed E-state index contributed by atoms with van der Waals surface area (Å²) < 4.78 is 0. The summed E-state index contributed by atoms with van der Waals surface area (Å²) in [6, 6.07) is 5.60. The minimum absolute atomic E-state index is 0.143. The molecule has 1 saturated heterocycles. The molecule has 2 N–H and O–H groups in total. The molecule has 1 aromatic carbocycles. The molecule has 0 saturated carbocycles. The van der Waals surface area contributed by atoms with Crippen molar-refractivity contribution in [2.24, 2.45) is 5.41 Å². The number of rotatable bonds is 1. The molecule has 1 heterocycles. The Bertz CT molecular complexity index is 599. The predicted molar refractivity (Wildman–Crippen MR) is 77.0 cm³/mol. The van der Waals surface area contributed by atoms with Crippen molar-refractivity contribution in [3.63, 3.8) is 0 Å². The van der Waals surface area contributed by atoms with E-state index in [1.54, 1.807) is 11.5 Å². The summed E-state index contributed by atoms with van der Waals surface area (Å²) in [5.74, 6) is -0.256. The van der Waals surface area contributed by atoms with Crippen LogP contribution in [0.2, 0.25) is 0 Å². The molecule has 1 fully saturated rings. The second kappa shape index (κ2) is 5.15. The number of benzene rings is 1. The standard InChI is InChI=1S/C16H20N2O3/c1-18-10-16(7-5-14(18)19)6-4-11-2-3-12(15(20)17-21)8-13(11)9-16/h2-3,8,21H,4-7,9-10H2,1H3,(H,17,20). The Balaban J connectivity index is 1.87. The van der Waals surface area contributed by atoms with E-state index in [4.69, 9.17) is 5.21 Å². The zero-order chi connectivity index (χ0) is 15.0. The van der Waals surface area contributed by atoms with E-state index < -0.39 is 5.91 Å². The highest BCUT2D eigenvalue weighted by Crippen LogP contribution is 2.42. The van der Waals surface area contributed by atoms with Crippen LogP contribution in [-0.2, 0) is 17.6 Å². The Hall–Kier alpha value is -1.88. The lowest BCUT2D eigenvalue weighted by atomic mass is 9.67. The van der Waals surface area contributed by atoms with Gasteiger partial charge >= 0.3 is 0 Å². The average molecular weight is 288 g/mol. The van der Waals surface area contributed by atoms with Crippen LogP contribution in [0.5, 0.6) is 0 Å². The van der Waals surface area contributed by atoms with E-state index in [2.05, 4.69) is 0 Å². The van der Waals surface area contributed by atoms with Gasteiger partial charge in [-0.25, -0.2) is 5.48 Å². The van der Waals surface area contributed by atoms with Crippen molar-refractivity contribution < 1.29 is 14.8 Å². The third kappa shape index (κ3) is 2.53. The first kappa shape index (κ1) is 14.1. The number of nitrogens with one attached hydrogen (secondary N) is 1. The van der Waals surface area contributed by atoms with Crippen LogP contribution in [0, 0.1) is 5.41 Å². The van der Waals surface area contributed by atoms with Gasteiger partial charge in [-0.05, 0) is 54.4 Å². The van der Waals surface area contributed by atoms with Gasteiger partial charge in [-0.15, -0.1) is 0 Å². The second-order valence-corrected chi connectivity index (χ2v) is 6.35. The zero-order valence-electron chi connectivity index (χ0n) is 12.2. The Kier molecular flexibility index (Phi) is 3.45. The monoisotopic (exact) mass is 288 g/mol. The van der Waals surface area contributed by atoms with Crippen molar-refractivity contribution in [1.82, 2.24) is 10.4 Å². The fourth-order valence-corrected chi connectivity index (χ4v) is 3.71. The van der Waals surface area contributed by atoms with Gasteiger partial charge in [0.2, 0.25) is 5.91 Å². The Morgan fingerprint density at radius 3 is 2.76 bits per heavy atom. The molecular weight excluding hydrogens is 268 g/mol. The van der Waals surface area contributed by atoms with Crippen molar-refractivity contribution in [2.75, 3.05) is 13.6 Å². The second-order valence-electron chi connectivity index (χ2n) is 6.35. The molecule has 2 aliphatic rings. The van der Waals surface area contributed by atoms with E-state index in [0.717, 1.165) is 32.2 Å². The van der Waals surface area contributed by atoms with Crippen LogP contribution in [0.4, 0.5) is 0 Å². The molecule has 1 aliphatic heterocycles. The van der Waals surface area contributed by atoms with Crippen molar-refractivity contribution in [1.29, 1.82) is 0 Å². The number of nitrogens with zero attached hydrogens (tertiary/aromatic N) is 1. The normalized spacial score (nSPS) is 24.9. The summed E-state index contributed by atoms with van der Waals surface area (Å²) in [6.07, 6.45) is 4.50. The van der Waals surface area contributed by atoms with Gasteiger partial charge in [0.25, 0.3) is 5.91 Å². The molecule has 0 radical (unpaired) electrons. The summed E-state index contributed by atoms with van der Waals surface area (Å²) in [7, 11) is 1.87. The van der Waals surface area contributed by atoms with Crippen LogP contribution in [0.25, 0.3) is 0 Å². The van der Waals surface area contributed by atoms with E-state index in [-0.39, 0.29) is 11.3 Å². The van der Waals surface area contributed by atoms with E-state index >= 15 is 0 Å². The van der Waals surface area contributed by atoms with Gasteiger partial charge in [0.05, 0.1) is 0 Å². The number of carbonyl (C=O) groups is 2. The van der Waals surface area contributed by atoms with E-state index in [9.17, 15) is 9.59 Å². The van der Waals surface area contributed by atoms with E-state index in [1.165, 1.54) is 11.1 Å². The molecule has 3 rings (SSSR count). The number of fused-ring (bicyclic) bond motifs is 1. The van der Waals surface area contributed by atoms with Gasteiger partial charge in [0.15, 0.2) is 0 Å². The molecule has 1 aromatic rings. The van der Waals surface area contributed by atoms with Crippen LogP contribution < -0.4 is 5.48 Å². The van der Waals surface area contributed by atoms with Gasteiger partial charge in [0, 0.05) is 25.6 Å². The number of hydrogen-bond donors (Lipinski definition) is 2. The number of hydroxylamine groups is 1. The molecular formula is C16H20N2O3. The fraction of sp³-hybridized carbons (Fsp3) is 0.500. The minimum Gasteiger partial charge on any atom is -0.345 e. The first-order valence-corrected chi connectivity index (χ1v) is 7.33. The number of aryl methyl sites for hydroxylation is 1. The average Bonchev–Trinajstić information content (AvgIpc) is 2.50. The molecule has 112 valence electrons. The third-order valence-corrected chi connectivity index (χ3v) is 4.93. The van der Waals surface area contributed by atoms with Crippen molar-refractivity contribution in [3.05, 3.63) is 34.9 Å². The highest BCUT2D eigenvalue weighted by Gasteiger charge is 2.39. The lowest BCUT2D eigenvalue weighted by molar-refractivity contribution is -0.136. The summed E-state index contributed by atoms with van der Waals surface area (Å²) >= 11 is 0. The largest absolute Gasteiger partial charge is 0.345 e. The molecule has 1 atom stereocenters. The number of amides is 2. The van der Waals surface area contributed by atoms with Crippen molar-refractivity contribution >= 4 is 11.8 Å².